The van der Waals surface area contributed by atoms with Gasteiger partial charge in [0.2, 0.25) is 0 Å². The second-order valence-corrected chi connectivity index (χ2v) is 3.94. The quantitative estimate of drug-likeness (QED) is 0.782. The van der Waals surface area contributed by atoms with Crippen molar-refractivity contribution in [2.24, 2.45) is 0 Å². The number of carbonyl (C=O) groups is 1. The first-order valence-corrected chi connectivity index (χ1v) is 5.72. The van der Waals surface area contributed by atoms with E-state index in [4.69, 9.17) is 15.3 Å². The number of ether oxygens (including phenoxy) is 1. The fourth-order valence-electron chi connectivity index (χ4n) is 1.72. The van der Waals surface area contributed by atoms with Gasteiger partial charge in [-0.3, -0.25) is 4.79 Å². The first kappa shape index (κ1) is 13.3. The number of methoxy groups -OCH3 is 1. The first-order chi connectivity index (χ1) is 9.69. The summed E-state index contributed by atoms with van der Waals surface area (Å²) in [6.45, 7) is -0.0378. The van der Waals surface area contributed by atoms with E-state index in [1.54, 1.807) is 31.4 Å². The van der Waals surface area contributed by atoms with Crippen molar-refractivity contribution in [2.75, 3.05) is 7.11 Å². The van der Waals surface area contributed by atoms with E-state index in [-0.39, 0.29) is 23.7 Å². The number of carbonyl (C=O) groups excluding carboxylic acids is 1. The number of imidazole rings is 1. The molecule has 0 unspecified atom stereocenters. The van der Waals surface area contributed by atoms with E-state index in [0.717, 1.165) is 0 Å². The van der Waals surface area contributed by atoms with E-state index >= 15 is 0 Å². The number of rotatable bonds is 4. The van der Waals surface area contributed by atoms with Crippen LogP contribution in [-0.2, 0) is 6.54 Å². The maximum Gasteiger partial charge on any atom is 0.182 e. The van der Waals surface area contributed by atoms with Crippen LogP contribution in [0.25, 0.3) is 0 Å². The van der Waals surface area contributed by atoms with Crippen LogP contribution in [0, 0.1) is 22.7 Å². The van der Waals surface area contributed by atoms with E-state index in [1.807, 2.05) is 12.1 Å². The third-order valence-electron chi connectivity index (χ3n) is 2.78. The zero-order valence-corrected chi connectivity index (χ0v) is 10.7. The maximum atomic E-state index is 12.1. The number of hydrogen-bond donors (Lipinski definition) is 0. The number of nitrogens with zero attached hydrogens (tertiary/aromatic N) is 4. The number of benzene rings is 1. The number of aromatic nitrogens is 2. The lowest BCUT2D eigenvalue weighted by atomic mass is 10.1. The molecule has 0 fully saturated rings. The van der Waals surface area contributed by atoms with Crippen molar-refractivity contribution >= 4 is 5.78 Å². The lowest BCUT2D eigenvalue weighted by molar-refractivity contribution is 0.0971. The Kier molecular flexibility index (Phi) is 3.78. The van der Waals surface area contributed by atoms with E-state index in [1.165, 1.54) is 10.9 Å². The van der Waals surface area contributed by atoms with Gasteiger partial charge in [0.25, 0.3) is 0 Å². The molecule has 0 N–H and O–H groups in total. The second-order valence-electron chi connectivity index (χ2n) is 3.94. The molecule has 1 aromatic heterocycles. The van der Waals surface area contributed by atoms with Gasteiger partial charge >= 0.3 is 0 Å². The zero-order valence-electron chi connectivity index (χ0n) is 10.7. The summed E-state index contributed by atoms with van der Waals surface area (Å²) in [5, 5.41) is 17.8. The van der Waals surface area contributed by atoms with Crippen molar-refractivity contribution in [1.29, 1.82) is 10.5 Å². The normalized spacial score (nSPS) is 9.55. The first-order valence-electron chi connectivity index (χ1n) is 5.72. The Morgan fingerprint density at radius 2 is 2.00 bits per heavy atom. The Bertz CT molecular complexity index is 717. The molecule has 2 rings (SSSR count). The Balaban J connectivity index is 2.22. The minimum Gasteiger partial charge on any atom is -0.497 e. The van der Waals surface area contributed by atoms with Crippen molar-refractivity contribution in [3.05, 3.63) is 47.5 Å². The van der Waals surface area contributed by atoms with Gasteiger partial charge < -0.3 is 9.30 Å². The summed E-state index contributed by atoms with van der Waals surface area (Å²) >= 11 is 0. The molecular weight excluding hydrogens is 256 g/mol. The highest BCUT2D eigenvalue weighted by Gasteiger charge is 2.14. The molecule has 2 aromatic rings. The van der Waals surface area contributed by atoms with E-state index in [0.29, 0.717) is 11.3 Å². The number of nitriles is 2. The largest absolute Gasteiger partial charge is 0.497 e. The highest BCUT2D eigenvalue weighted by molar-refractivity contribution is 5.96. The monoisotopic (exact) mass is 266 g/mol. The standard InChI is InChI=1S/C14H10N4O2/c1-20-11-4-2-10(3-5-11)14(19)8-18-9-17-12(6-15)13(18)7-16/h2-5,9H,8H2,1H3. The Hall–Kier alpha value is -3.12. The molecule has 1 heterocycles. The van der Waals surface area contributed by atoms with Crippen LogP contribution in [0.15, 0.2) is 30.6 Å². The zero-order chi connectivity index (χ0) is 14.5. The molecule has 20 heavy (non-hydrogen) atoms. The topological polar surface area (TPSA) is 91.7 Å². The van der Waals surface area contributed by atoms with Gasteiger partial charge in [-0.25, -0.2) is 4.98 Å². The van der Waals surface area contributed by atoms with Crippen molar-refractivity contribution in [3.63, 3.8) is 0 Å². The molecule has 0 amide bonds. The van der Waals surface area contributed by atoms with Gasteiger partial charge in [0.05, 0.1) is 20.0 Å². The lowest BCUT2D eigenvalue weighted by Crippen LogP contribution is -2.11. The molecule has 0 atom stereocenters. The average molecular weight is 266 g/mol. The van der Waals surface area contributed by atoms with E-state index in [2.05, 4.69) is 4.98 Å². The highest BCUT2D eigenvalue weighted by Crippen LogP contribution is 2.13. The molecule has 1 aromatic carbocycles. The van der Waals surface area contributed by atoms with Crippen LogP contribution in [-0.4, -0.2) is 22.4 Å². The Morgan fingerprint density at radius 3 is 2.55 bits per heavy atom. The maximum absolute atomic E-state index is 12.1. The van der Waals surface area contributed by atoms with Crippen LogP contribution in [0.5, 0.6) is 5.75 Å². The minimum atomic E-state index is -0.175. The van der Waals surface area contributed by atoms with E-state index in [9.17, 15) is 4.79 Å². The third kappa shape index (κ3) is 2.50. The van der Waals surface area contributed by atoms with Gasteiger partial charge in [-0.05, 0) is 24.3 Å². The number of hydrogen-bond acceptors (Lipinski definition) is 5. The van der Waals surface area contributed by atoms with Gasteiger partial charge in [0.1, 0.15) is 17.9 Å². The van der Waals surface area contributed by atoms with Crippen LogP contribution < -0.4 is 4.74 Å². The summed E-state index contributed by atoms with van der Waals surface area (Å²) in [6.07, 6.45) is 1.32. The highest BCUT2D eigenvalue weighted by atomic mass is 16.5. The van der Waals surface area contributed by atoms with Crippen LogP contribution in [0.3, 0.4) is 0 Å². The predicted molar refractivity (Wildman–Crippen MR) is 69.0 cm³/mol. The van der Waals surface area contributed by atoms with Crippen molar-refractivity contribution in [1.82, 2.24) is 9.55 Å². The van der Waals surface area contributed by atoms with Gasteiger partial charge in [0.15, 0.2) is 17.2 Å². The third-order valence-corrected chi connectivity index (χ3v) is 2.78. The summed E-state index contributed by atoms with van der Waals surface area (Å²) in [5.41, 5.74) is 0.617. The number of ketones is 1. The van der Waals surface area contributed by atoms with Crippen LogP contribution in [0.2, 0.25) is 0 Å². The Morgan fingerprint density at radius 1 is 1.30 bits per heavy atom. The molecule has 0 bridgehead atoms. The molecule has 6 nitrogen and oxygen atoms in total. The lowest BCUT2D eigenvalue weighted by Gasteiger charge is -2.04. The molecule has 0 spiro atoms. The van der Waals surface area contributed by atoms with Gasteiger partial charge in [-0.1, -0.05) is 0 Å². The van der Waals surface area contributed by atoms with Crippen LogP contribution in [0.4, 0.5) is 0 Å². The molecular formula is C14H10N4O2. The molecule has 0 saturated carbocycles. The van der Waals surface area contributed by atoms with Gasteiger partial charge in [0, 0.05) is 5.56 Å². The average Bonchev–Trinajstić information content (AvgIpc) is 2.89. The second kappa shape index (κ2) is 5.68. The summed E-state index contributed by atoms with van der Waals surface area (Å²) in [4.78, 5) is 15.9. The molecule has 0 saturated heterocycles. The van der Waals surface area contributed by atoms with Crippen molar-refractivity contribution < 1.29 is 9.53 Å². The summed E-state index contributed by atoms with van der Waals surface area (Å²) in [5.74, 6) is 0.486. The Labute approximate surface area is 115 Å². The van der Waals surface area contributed by atoms with Crippen LogP contribution >= 0.6 is 0 Å². The van der Waals surface area contributed by atoms with Gasteiger partial charge in [-0.15, -0.1) is 0 Å². The fourth-order valence-corrected chi connectivity index (χ4v) is 1.72. The fraction of sp³-hybridized carbons (Fsp3) is 0.143. The van der Waals surface area contributed by atoms with Crippen LogP contribution in [0.1, 0.15) is 21.7 Å². The van der Waals surface area contributed by atoms with Crippen molar-refractivity contribution in [2.45, 2.75) is 6.54 Å². The minimum absolute atomic E-state index is 0.0232. The summed E-state index contributed by atoms with van der Waals surface area (Å²) < 4.78 is 6.38. The van der Waals surface area contributed by atoms with E-state index < -0.39 is 0 Å². The van der Waals surface area contributed by atoms with Crippen molar-refractivity contribution in [3.8, 4) is 17.9 Å². The van der Waals surface area contributed by atoms with Gasteiger partial charge in [-0.2, -0.15) is 10.5 Å². The molecule has 0 radical (unpaired) electrons. The SMILES string of the molecule is COc1ccc(C(=O)Cn2cnc(C#N)c2C#N)cc1. The predicted octanol–water partition coefficient (Wildman–Crippen LogP) is 1.52. The molecule has 98 valence electrons. The molecule has 6 heteroatoms. The molecule has 0 aliphatic rings. The smallest absolute Gasteiger partial charge is 0.182 e. The number of Topliss-reactive ketones (excluding diaryl/α,β-unsaturated/α-hetero) is 1. The summed E-state index contributed by atoms with van der Waals surface area (Å²) in [7, 11) is 1.55. The summed E-state index contributed by atoms with van der Waals surface area (Å²) in [6, 6.07) is 10.4. The molecule has 0 aliphatic carbocycles. The molecule has 0 aliphatic heterocycles.